The summed E-state index contributed by atoms with van der Waals surface area (Å²) in [5.41, 5.74) is 3.13. The maximum atomic E-state index is 12.9. The lowest BCUT2D eigenvalue weighted by Gasteiger charge is -2.07. The lowest BCUT2D eigenvalue weighted by molar-refractivity contribution is -0.110. The zero-order valence-corrected chi connectivity index (χ0v) is 16.2. The first-order valence-electron chi connectivity index (χ1n) is 8.26. The Morgan fingerprint density at radius 1 is 1.11 bits per heavy atom. The molecular formula is C20H15BrN4O2. The fourth-order valence-corrected chi connectivity index (χ4v) is 3.41. The molecule has 3 aromatic rings. The molecule has 0 saturated heterocycles. The molecule has 0 radical (unpaired) electrons. The largest absolute Gasteiger partial charge is 0.321 e. The summed E-state index contributed by atoms with van der Waals surface area (Å²) in [4.78, 5) is 29.4. The van der Waals surface area contributed by atoms with Gasteiger partial charge in [-0.1, -0.05) is 34.1 Å². The molecule has 0 saturated carbocycles. The summed E-state index contributed by atoms with van der Waals surface area (Å²) in [5, 5.41) is 2.77. The standard InChI is InChI=1S/C20H15BrN4O2/c1-12-18(20(27)25(24(12)2)14-6-4-3-5-7-14)22-11-16-15-10-13(21)8-9-17(15)23-19(16)26/h3-10H,1-2H3,(H,23,26). The zero-order valence-electron chi connectivity index (χ0n) is 14.7. The van der Waals surface area contributed by atoms with Gasteiger partial charge in [-0.25, -0.2) is 4.68 Å². The van der Waals surface area contributed by atoms with E-state index in [9.17, 15) is 9.59 Å². The van der Waals surface area contributed by atoms with Crippen molar-refractivity contribution in [3.63, 3.8) is 0 Å². The predicted molar refractivity (Wildman–Crippen MR) is 109 cm³/mol. The monoisotopic (exact) mass is 422 g/mol. The molecule has 27 heavy (non-hydrogen) atoms. The van der Waals surface area contributed by atoms with Crippen molar-refractivity contribution in [3.8, 4) is 5.69 Å². The van der Waals surface area contributed by atoms with Crippen LogP contribution in [0.15, 0.2) is 62.8 Å². The van der Waals surface area contributed by atoms with Gasteiger partial charge in [0.1, 0.15) is 5.57 Å². The normalized spacial score (nSPS) is 12.6. The molecule has 0 aliphatic carbocycles. The van der Waals surface area contributed by atoms with Gasteiger partial charge in [0.15, 0.2) is 5.69 Å². The molecule has 1 aliphatic heterocycles. The Morgan fingerprint density at radius 2 is 1.85 bits per heavy atom. The number of rotatable bonds is 2. The number of benzene rings is 2. The van der Waals surface area contributed by atoms with Crippen LogP contribution in [0.2, 0.25) is 0 Å². The number of nitrogens with zero attached hydrogens (tertiary/aromatic N) is 3. The van der Waals surface area contributed by atoms with Crippen LogP contribution in [0.4, 0.5) is 11.4 Å². The highest BCUT2D eigenvalue weighted by Crippen LogP contribution is 2.32. The van der Waals surface area contributed by atoms with Crippen molar-refractivity contribution >= 4 is 44.7 Å². The highest BCUT2D eigenvalue weighted by molar-refractivity contribution is 9.10. The van der Waals surface area contributed by atoms with Crippen LogP contribution in [0.5, 0.6) is 0 Å². The molecular weight excluding hydrogens is 408 g/mol. The first kappa shape index (κ1) is 17.3. The predicted octanol–water partition coefficient (Wildman–Crippen LogP) is 3.58. The van der Waals surface area contributed by atoms with Crippen molar-refractivity contribution in [2.45, 2.75) is 6.92 Å². The average Bonchev–Trinajstić information content (AvgIpc) is 3.07. The van der Waals surface area contributed by atoms with Gasteiger partial charge in [0.2, 0.25) is 0 Å². The summed E-state index contributed by atoms with van der Waals surface area (Å²) < 4.78 is 4.13. The van der Waals surface area contributed by atoms with E-state index in [-0.39, 0.29) is 17.2 Å². The van der Waals surface area contributed by atoms with Crippen LogP contribution in [-0.2, 0) is 11.8 Å². The Morgan fingerprint density at radius 3 is 2.59 bits per heavy atom. The van der Waals surface area contributed by atoms with Crippen LogP contribution < -0.4 is 10.9 Å². The average molecular weight is 423 g/mol. The number of carbonyl (C=O) groups is 1. The number of aromatic nitrogens is 2. The number of aliphatic imine (C=N–C) groups is 1. The summed E-state index contributed by atoms with van der Waals surface area (Å²) in [5.74, 6) is 2.50. The van der Waals surface area contributed by atoms with Crippen LogP contribution in [0, 0.1) is 6.92 Å². The molecule has 0 unspecified atom stereocenters. The molecule has 1 N–H and O–H groups in total. The fourth-order valence-electron chi connectivity index (χ4n) is 3.05. The molecule has 1 amide bonds. The second-order valence-electron chi connectivity index (χ2n) is 6.15. The van der Waals surface area contributed by atoms with Crippen molar-refractivity contribution in [1.29, 1.82) is 0 Å². The van der Waals surface area contributed by atoms with Crippen molar-refractivity contribution in [1.82, 2.24) is 9.36 Å². The third-order valence-electron chi connectivity index (χ3n) is 4.53. The van der Waals surface area contributed by atoms with Gasteiger partial charge in [0.25, 0.3) is 11.5 Å². The quantitative estimate of drug-likeness (QED) is 0.506. The maximum absolute atomic E-state index is 12.9. The summed E-state index contributed by atoms with van der Waals surface area (Å²) in [6.45, 7) is 1.81. The van der Waals surface area contributed by atoms with E-state index in [2.05, 4.69) is 32.1 Å². The van der Waals surface area contributed by atoms with Gasteiger partial charge >= 0.3 is 0 Å². The Kier molecular flexibility index (Phi) is 4.18. The molecule has 1 aliphatic rings. The first-order chi connectivity index (χ1) is 13.0. The zero-order chi connectivity index (χ0) is 19.1. The second kappa shape index (κ2) is 6.54. The molecule has 134 valence electrons. The summed E-state index contributed by atoms with van der Waals surface area (Å²) >= 11 is 3.40. The van der Waals surface area contributed by atoms with E-state index in [4.69, 9.17) is 0 Å². The minimum atomic E-state index is -0.288. The molecule has 0 fully saturated rings. The van der Waals surface area contributed by atoms with Crippen LogP contribution >= 0.6 is 15.9 Å². The number of amides is 1. The van der Waals surface area contributed by atoms with E-state index >= 15 is 0 Å². The van der Waals surface area contributed by atoms with Crippen LogP contribution in [-0.4, -0.2) is 21.1 Å². The molecule has 4 rings (SSSR count). The van der Waals surface area contributed by atoms with E-state index in [1.807, 2.05) is 55.5 Å². The molecule has 0 spiro atoms. The van der Waals surface area contributed by atoms with Crippen molar-refractivity contribution in [3.05, 3.63) is 74.6 Å². The highest BCUT2D eigenvalue weighted by atomic mass is 79.9. The van der Waals surface area contributed by atoms with Crippen LogP contribution in [0.1, 0.15) is 11.3 Å². The molecule has 7 heteroatoms. The Hall–Kier alpha value is -3.15. The minimum Gasteiger partial charge on any atom is -0.321 e. The number of nitrogens with one attached hydrogen (secondary N) is 1. The number of hydrogen-bond acceptors (Lipinski definition) is 3. The SMILES string of the molecule is Cc1c(N=C=C2C(=O)Nc3ccc(Br)cc32)c(=O)n(-c2ccccc2)n1C. The number of anilines is 1. The fraction of sp³-hybridized carbons (Fsp3) is 0.100. The number of hydrogen-bond donors (Lipinski definition) is 1. The molecule has 2 aromatic carbocycles. The number of carbonyl (C=O) groups excluding carboxylic acids is 1. The van der Waals surface area contributed by atoms with Gasteiger partial charge in [-0.3, -0.25) is 14.3 Å². The molecule has 6 nitrogen and oxygen atoms in total. The lowest BCUT2D eigenvalue weighted by Crippen LogP contribution is -2.19. The van der Waals surface area contributed by atoms with Gasteiger partial charge in [-0.2, -0.15) is 4.99 Å². The molecule has 0 bridgehead atoms. The van der Waals surface area contributed by atoms with Gasteiger partial charge < -0.3 is 5.32 Å². The Labute approximate surface area is 163 Å². The third kappa shape index (κ3) is 2.87. The van der Waals surface area contributed by atoms with Gasteiger partial charge in [-0.05, 0) is 37.3 Å². The number of halogens is 1. The maximum Gasteiger partial charge on any atom is 0.298 e. The van der Waals surface area contributed by atoms with E-state index in [1.54, 1.807) is 16.4 Å². The number of para-hydroxylation sites is 1. The molecule has 1 aromatic heterocycles. The van der Waals surface area contributed by atoms with E-state index < -0.39 is 0 Å². The first-order valence-corrected chi connectivity index (χ1v) is 9.05. The summed E-state index contributed by atoms with van der Waals surface area (Å²) in [6.07, 6.45) is 0. The molecule has 0 atom stereocenters. The summed E-state index contributed by atoms with van der Waals surface area (Å²) in [6, 6.07) is 14.8. The van der Waals surface area contributed by atoms with Gasteiger partial charge in [0.05, 0.1) is 11.4 Å². The lowest BCUT2D eigenvalue weighted by atomic mass is 10.1. The second-order valence-corrected chi connectivity index (χ2v) is 7.07. The van der Waals surface area contributed by atoms with Crippen molar-refractivity contribution in [2.24, 2.45) is 12.0 Å². The number of fused-ring (bicyclic) bond motifs is 1. The third-order valence-corrected chi connectivity index (χ3v) is 5.02. The van der Waals surface area contributed by atoms with Gasteiger partial charge in [0, 0.05) is 28.6 Å². The molecule has 2 heterocycles. The topological polar surface area (TPSA) is 68.4 Å². The van der Waals surface area contributed by atoms with E-state index in [0.717, 1.165) is 10.2 Å². The Balaban J connectivity index is 1.88. The Bertz CT molecular complexity index is 1200. The van der Waals surface area contributed by atoms with Gasteiger partial charge in [-0.15, -0.1) is 0 Å². The summed E-state index contributed by atoms with van der Waals surface area (Å²) in [7, 11) is 1.80. The van der Waals surface area contributed by atoms with Crippen molar-refractivity contribution < 1.29 is 4.79 Å². The van der Waals surface area contributed by atoms with E-state index in [1.165, 1.54) is 0 Å². The van der Waals surface area contributed by atoms with Crippen LogP contribution in [0.25, 0.3) is 11.3 Å². The van der Waals surface area contributed by atoms with Crippen molar-refractivity contribution in [2.75, 3.05) is 5.32 Å². The smallest absolute Gasteiger partial charge is 0.298 e. The van der Waals surface area contributed by atoms with E-state index in [0.29, 0.717) is 22.5 Å². The highest BCUT2D eigenvalue weighted by Gasteiger charge is 2.25. The minimum absolute atomic E-state index is 0.255. The van der Waals surface area contributed by atoms with Crippen LogP contribution in [0.3, 0.4) is 0 Å².